The van der Waals surface area contributed by atoms with Crippen LogP contribution in [0.4, 0.5) is 18.9 Å². The quantitative estimate of drug-likeness (QED) is 0.428. The highest BCUT2D eigenvalue weighted by molar-refractivity contribution is 5.75. The van der Waals surface area contributed by atoms with Gasteiger partial charge in [0.1, 0.15) is 12.7 Å². The molecule has 1 N–H and O–H groups in total. The van der Waals surface area contributed by atoms with Gasteiger partial charge in [0.2, 0.25) is 0 Å². The molecule has 2 aromatic rings. The average molecular weight is 520 g/mol. The third-order valence-electron chi connectivity index (χ3n) is 5.74. The molecular weight excluding hydrogens is 487 g/mol. The summed E-state index contributed by atoms with van der Waals surface area (Å²) in [5.74, 6) is -0.294. The van der Waals surface area contributed by atoms with E-state index in [4.69, 9.17) is 14.3 Å². The fourth-order valence-electron chi connectivity index (χ4n) is 3.84. The fourth-order valence-corrected chi connectivity index (χ4v) is 3.84. The van der Waals surface area contributed by atoms with Crippen LogP contribution < -0.4 is 14.8 Å². The van der Waals surface area contributed by atoms with E-state index >= 15 is 0 Å². The van der Waals surface area contributed by atoms with Crippen LogP contribution in [0.5, 0.6) is 11.5 Å². The van der Waals surface area contributed by atoms with Gasteiger partial charge in [-0.05, 0) is 69.9 Å². The number of benzene rings is 2. The molecule has 200 valence electrons. The first-order chi connectivity index (χ1) is 17.4. The van der Waals surface area contributed by atoms with Crippen LogP contribution in [0.3, 0.4) is 0 Å². The molecule has 0 radical (unpaired) electrons. The Morgan fingerprint density at radius 2 is 1.84 bits per heavy atom. The van der Waals surface area contributed by atoms with Gasteiger partial charge in [0.15, 0.2) is 18.1 Å². The molecule has 1 aliphatic heterocycles. The van der Waals surface area contributed by atoms with Gasteiger partial charge < -0.3 is 19.6 Å². The van der Waals surface area contributed by atoms with Crippen molar-refractivity contribution in [1.29, 1.82) is 5.26 Å². The van der Waals surface area contributed by atoms with Gasteiger partial charge in [0, 0.05) is 12.6 Å². The number of hydroxylamine groups is 2. The summed E-state index contributed by atoms with van der Waals surface area (Å²) in [6, 6.07) is 12.0. The second-order valence-electron chi connectivity index (χ2n) is 9.99. The summed E-state index contributed by atoms with van der Waals surface area (Å²) >= 11 is 0. The largest absolute Gasteiger partial charge is 0.488 e. The minimum atomic E-state index is -4.47. The van der Waals surface area contributed by atoms with Crippen molar-refractivity contribution in [2.45, 2.75) is 52.8 Å². The van der Waals surface area contributed by atoms with E-state index in [2.05, 4.69) is 17.5 Å². The SMILES string of the molecule is C[C@H](Cc1cc(C#N)c2c(c1)CCN2)N(CCOc1ccccc1OCC(F)(F)F)OC(=O)C(C)(C)C. The number of nitrogens with one attached hydrogen (secondary N) is 1. The lowest BCUT2D eigenvalue weighted by Gasteiger charge is -2.30. The molecule has 0 unspecified atom stereocenters. The summed E-state index contributed by atoms with van der Waals surface area (Å²) < 4.78 is 48.4. The number of halogens is 3. The number of para-hydroxylation sites is 2. The van der Waals surface area contributed by atoms with E-state index in [1.807, 2.05) is 13.0 Å². The van der Waals surface area contributed by atoms with Crippen LogP contribution in [0.25, 0.3) is 0 Å². The lowest BCUT2D eigenvalue weighted by molar-refractivity contribution is -0.211. The highest BCUT2D eigenvalue weighted by Crippen LogP contribution is 2.30. The summed E-state index contributed by atoms with van der Waals surface area (Å²) in [4.78, 5) is 18.4. The molecule has 0 saturated heterocycles. The van der Waals surface area contributed by atoms with E-state index in [0.717, 1.165) is 29.8 Å². The van der Waals surface area contributed by atoms with Crippen molar-refractivity contribution in [2.24, 2.45) is 5.41 Å². The first kappa shape index (κ1) is 28.1. The Hall–Kier alpha value is -3.45. The van der Waals surface area contributed by atoms with Crippen LogP contribution in [0, 0.1) is 16.7 Å². The number of rotatable bonds is 10. The maximum absolute atomic E-state index is 12.7. The van der Waals surface area contributed by atoms with Crippen molar-refractivity contribution < 1.29 is 32.3 Å². The molecule has 37 heavy (non-hydrogen) atoms. The van der Waals surface area contributed by atoms with E-state index in [1.165, 1.54) is 17.2 Å². The number of hydrogen-bond acceptors (Lipinski definition) is 7. The highest BCUT2D eigenvalue weighted by Gasteiger charge is 2.30. The number of carbonyl (C=O) groups is 1. The predicted molar refractivity (Wildman–Crippen MR) is 132 cm³/mol. The highest BCUT2D eigenvalue weighted by atomic mass is 19.4. The van der Waals surface area contributed by atoms with Crippen molar-refractivity contribution in [1.82, 2.24) is 5.06 Å². The molecule has 0 fully saturated rings. The molecule has 0 aliphatic carbocycles. The Kier molecular flexibility index (Phi) is 8.92. The third kappa shape index (κ3) is 8.02. The summed E-state index contributed by atoms with van der Waals surface area (Å²) in [7, 11) is 0. The molecule has 10 heteroatoms. The number of ether oxygens (including phenoxy) is 2. The van der Waals surface area contributed by atoms with E-state index in [9.17, 15) is 23.2 Å². The normalized spacial score (nSPS) is 13.9. The van der Waals surface area contributed by atoms with E-state index in [-0.39, 0.29) is 30.7 Å². The van der Waals surface area contributed by atoms with Gasteiger partial charge in [-0.25, -0.2) is 4.79 Å². The molecule has 0 saturated carbocycles. The molecule has 0 bridgehead atoms. The van der Waals surface area contributed by atoms with Crippen molar-refractivity contribution in [3.05, 3.63) is 53.1 Å². The van der Waals surface area contributed by atoms with E-state index in [0.29, 0.717) is 12.0 Å². The molecule has 3 rings (SSSR count). The second-order valence-corrected chi connectivity index (χ2v) is 9.99. The summed E-state index contributed by atoms with van der Waals surface area (Å²) in [6.07, 6.45) is -3.14. The van der Waals surface area contributed by atoms with Gasteiger partial charge in [0.25, 0.3) is 0 Å². The number of hydrogen-bond donors (Lipinski definition) is 1. The fraction of sp³-hybridized carbons (Fsp3) is 0.481. The first-order valence-electron chi connectivity index (χ1n) is 12.1. The third-order valence-corrected chi connectivity index (χ3v) is 5.74. The van der Waals surface area contributed by atoms with Crippen molar-refractivity contribution in [2.75, 3.05) is 31.6 Å². The lowest BCUT2D eigenvalue weighted by Crippen LogP contribution is -2.42. The summed E-state index contributed by atoms with van der Waals surface area (Å²) in [5, 5.41) is 14.3. The van der Waals surface area contributed by atoms with Crippen LogP contribution in [0.15, 0.2) is 36.4 Å². The van der Waals surface area contributed by atoms with Crippen molar-refractivity contribution in [3.63, 3.8) is 0 Å². The zero-order valence-electron chi connectivity index (χ0n) is 21.4. The Morgan fingerprint density at radius 3 is 2.46 bits per heavy atom. The molecule has 0 aromatic heterocycles. The average Bonchev–Trinajstić information content (AvgIpc) is 3.29. The van der Waals surface area contributed by atoms with Crippen LogP contribution in [-0.2, 0) is 22.5 Å². The minimum absolute atomic E-state index is 0.0260. The van der Waals surface area contributed by atoms with Gasteiger partial charge in [0.05, 0.1) is 23.2 Å². The van der Waals surface area contributed by atoms with Gasteiger partial charge >= 0.3 is 12.1 Å². The second kappa shape index (κ2) is 11.7. The maximum Gasteiger partial charge on any atom is 0.422 e. The lowest BCUT2D eigenvalue weighted by atomic mass is 9.97. The number of anilines is 1. The van der Waals surface area contributed by atoms with E-state index in [1.54, 1.807) is 32.9 Å². The zero-order valence-corrected chi connectivity index (χ0v) is 21.4. The Bertz CT molecular complexity index is 1140. The van der Waals surface area contributed by atoms with Gasteiger partial charge in [-0.3, -0.25) is 0 Å². The zero-order chi connectivity index (χ0) is 27.2. The Balaban J connectivity index is 1.71. The predicted octanol–water partition coefficient (Wildman–Crippen LogP) is 5.28. The van der Waals surface area contributed by atoms with Gasteiger partial charge in [-0.2, -0.15) is 18.4 Å². The minimum Gasteiger partial charge on any atom is -0.488 e. The van der Waals surface area contributed by atoms with Gasteiger partial charge in [-0.15, -0.1) is 5.06 Å². The number of nitriles is 1. The molecule has 0 spiro atoms. The topological polar surface area (TPSA) is 83.8 Å². The molecule has 1 atom stereocenters. The van der Waals surface area contributed by atoms with Crippen LogP contribution in [0.1, 0.15) is 44.4 Å². The smallest absolute Gasteiger partial charge is 0.422 e. The van der Waals surface area contributed by atoms with Crippen molar-refractivity contribution >= 4 is 11.7 Å². The van der Waals surface area contributed by atoms with Crippen LogP contribution in [0.2, 0.25) is 0 Å². The Labute approximate surface area is 215 Å². The van der Waals surface area contributed by atoms with Gasteiger partial charge in [-0.1, -0.05) is 18.2 Å². The molecule has 0 amide bonds. The molecular formula is C27H32F3N3O4. The molecule has 7 nitrogen and oxygen atoms in total. The standard InChI is InChI=1S/C27H32F3N3O4/c1-18(13-19-14-20-9-10-32-24(20)21(15-19)16-31)33(37-25(34)26(2,3)4)11-12-35-22-7-5-6-8-23(22)36-17-27(28,29)30/h5-8,14-15,18,32H,9-13,17H2,1-4H3/t18-/m1/s1. The first-order valence-corrected chi connectivity index (χ1v) is 12.1. The number of alkyl halides is 3. The number of nitrogens with zero attached hydrogens (tertiary/aromatic N) is 2. The summed E-state index contributed by atoms with van der Waals surface area (Å²) in [5.41, 5.74) is 2.72. The maximum atomic E-state index is 12.7. The van der Waals surface area contributed by atoms with Crippen LogP contribution in [-0.4, -0.2) is 49.6 Å². The number of carbonyl (C=O) groups excluding carboxylic acids is 1. The van der Waals surface area contributed by atoms with Crippen molar-refractivity contribution in [3.8, 4) is 17.6 Å². The number of fused-ring (bicyclic) bond motifs is 1. The molecule has 2 aromatic carbocycles. The summed E-state index contributed by atoms with van der Waals surface area (Å²) in [6.45, 7) is 6.68. The molecule has 1 aliphatic rings. The van der Waals surface area contributed by atoms with Crippen LogP contribution >= 0.6 is 0 Å². The van der Waals surface area contributed by atoms with E-state index < -0.39 is 24.2 Å². The molecule has 1 heterocycles. The Morgan fingerprint density at radius 1 is 1.16 bits per heavy atom. The monoisotopic (exact) mass is 519 g/mol.